The monoisotopic (exact) mass is 501 g/mol. The van der Waals surface area contributed by atoms with Gasteiger partial charge in [0.25, 0.3) is 0 Å². The Hall–Kier alpha value is -4.02. The molecule has 1 saturated heterocycles. The molecule has 0 aliphatic carbocycles. The third kappa shape index (κ3) is 4.36. The third-order valence-electron chi connectivity index (χ3n) is 6.31. The number of aromatic nitrogens is 6. The molecule has 0 atom stereocenters. The van der Waals surface area contributed by atoms with E-state index in [1.807, 2.05) is 41.9 Å². The number of aryl methyl sites for hydroxylation is 1. The smallest absolute Gasteiger partial charge is 0.226 e. The zero-order valence-electron chi connectivity index (χ0n) is 19.6. The maximum absolute atomic E-state index is 6.56. The minimum Gasteiger partial charge on any atom is -0.456 e. The van der Waals surface area contributed by atoms with E-state index in [4.69, 9.17) is 27.1 Å². The summed E-state index contributed by atoms with van der Waals surface area (Å²) in [6, 6.07) is 11.5. The largest absolute Gasteiger partial charge is 0.456 e. The average Bonchev–Trinajstić information content (AvgIpc) is 3.26. The quantitative estimate of drug-likeness (QED) is 0.360. The molecule has 3 aromatic heterocycles. The van der Waals surface area contributed by atoms with Crippen LogP contribution in [0.5, 0.6) is 11.5 Å². The van der Waals surface area contributed by atoms with Gasteiger partial charge in [-0.3, -0.25) is 0 Å². The Bertz CT molecular complexity index is 1560. The molecular weight excluding hydrogens is 478 g/mol. The molecule has 1 aliphatic rings. The number of hydrogen-bond acceptors (Lipinski definition) is 9. The third-order valence-corrected chi connectivity index (χ3v) is 6.60. The number of rotatable bonds is 5. The molecule has 3 N–H and O–H groups in total. The van der Waals surface area contributed by atoms with Gasteiger partial charge in [-0.15, -0.1) is 0 Å². The molecule has 0 bridgehead atoms. The fourth-order valence-corrected chi connectivity index (χ4v) is 4.51. The number of halogens is 1. The van der Waals surface area contributed by atoms with Crippen LogP contribution in [0.25, 0.3) is 22.1 Å². The molecule has 1 fully saturated rings. The summed E-state index contributed by atoms with van der Waals surface area (Å²) in [7, 11) is 1.95. The summed E-state index contributed by atoms with van der Waals surface area (Å²) in [4.78, 5) is 24.5. The molecule has 0 unspecified atom stereocenters. The molecule has 5 aromatic rings. The van der Waals surface area contributed by atoms with Crippen molar-refractivity contribution in [2.75, 3.05) is 23.3 Å². The molecule has 182 valence electrons. The van der Waals surface area contributed by atoms with Crippen molar-refractivity contribution in [3.63, 3.8) is 0 Å². The maximum Gasteiger partial charge on any atom is 0.226 e. The van der Waals surface area contributed by atoms with Crippen LogP contribution in [-0.4, -0.2) is 48.6 Å². The van der Waals surface area contributed by atoms with Crippen molar-refractivity contribution in [1.29, 1.82) is 0 Å². The van der Waals surface area contributed by atoms with Crippen molar-refractivity contribution in [3.05, 3.63) is 60.3 Å². The van der Waals surface area contributed by atoms with Gasteiger partial charge in [-0.2, -0.15) is 0 Å². The van der Waals surface area contributed by atoms with Gasteiger partial charge in [-0.05, 0) is 43.2 Å². The lowest BCUT2D eigenvalue weighted by atomic mass is 10.1. The molecule has 6 rings (SSSR count). The van der Waals surface area contributed by atoms with Gasteiger partial charge in [-0.25, -0.2) is 24.9 Å². The first-order valence-electron chi connectivity index (χ1n) is 11.7. The second-order valence-corrected chi connectivity index (χ2v) is 9.24. The Balaban J connectivity index is 1.24. The lowest BCUT2D eigenvalue weighted by molar-refractivity contribution is 0.483. The lowest BCUT2D eigenvalue weighted by Gasteiger charge is -2.30. The summed E-state index contributed by atoms with van der Waals surface area (Å²) in [5, 5.41) is 3.77. The van der Waals surface area contributed by atoms with Crippen molar-refractivity contribution in [3.8, 4) is 11.5 Å². The summed E-state index contributed by atoms with van der Waals surface area (Å²) >= 11 is 6.56. The number of nitrogens with one attached hydrogen (secondary N) is 1. The second kappa shape index (κ2) is 9.21. The first-order valence-corrected chi connectivity index (χ1v) is 12.0. The van der Waals surface area contributed by atoms with Crippen LogP contribution in [0.15, 0.2) is 55.2 Å². The Labute approximate surface area is 212 Å². The van der Waals surface area contributed by atoms with Gasteiger partial charge in [0.2, 0.25) is 5.95 Å². The summed E-state index contributed by atoms with van der Waals surface area (Å²) in [6.45, 7) is 1.65. The molecular formula is C25H24ClN9O. The molecule has 10 nitrogen and oxygen atoms in total. The highest BCUT2D eigenvalue weighted by molar-refractivity contribution is 6.32. The van der Waals surface area contributed by atoms with Crippen LogP contribution in [0.4, 0.5) is 17.5 Å². The number of anilines is 3. The zero-order valence-corrected chi connectivity index (χ0v) is 20.4. The molecule has 11 heteroatoms. The van der Waals surface area contributed by atoms with Gasteiger partial charge in [0.05, 0.1) is 28.6 Å². The van der Waals surface area contributed by atoms with Gasteiger partial charge in [-0.1, -0.05) is 11.6 Å². The summed E-state index contributed by atoms with van der Waals surface area (Å²) in [5.41, 5.74) is 9.96. The predicted molar refractivity (Wildman–Crippen MR) is 140 cm³/mol. The van der Waals surface area contributed by atoms with Crippen molar-refractivity contribution >= 4 is 51.1 Å². The van der Waals surface area contributed by atoms with E-state index in [1.165, 1.54) is 6.33 Å². The minimum absolute atomic E-state index is 0.233. The van der Waals surface area contributed by atoms with Crippen LogP contribution in [-0.2, 0) is 7.05 Å². The van der Waals surface area contributed by atoms with E-state index in [0.717, 1.165) is 42.7 Å². The zero-order chi connectivity index (χ0) is 24.6. The van der Waals surface area contributed by atoms with Crippen molar-refractivity contribution in [2.45, 2.75) is 18.9 Å². The fourth-order valence-electron chi connectivity index (χ4n) is 4.29. The lowest BCUT2D eigenvalue weighted by Crippen LogP contribution is -2.40. The van der Waals surface area contributed by atoms with Crippen molar-refractivity contribution in [2.24, 2.45) is 12.8 Å². The molecule has 4 heterocycles. The fraction of sp³-hybridized carbons (Fsp3) is 0.240. The molecule has 2 aromatic carbocycles. The highest BCUT2D eigenvalue weighted by Gasteiger charge is 2.19. The van der Waals surface area contributed by atoms with Gasteiger partial charge >= 0.3 is 0 Å². The van der Waals surface area contributed by atoms with Crippen LogP contribution in [0.2, 0.25) is 5.02 Å². The number of hydrogen-bond donors (Lipinski definition) is 2. The molecule has 0 spiro atoms. The van der Waals surface area contributed by atoms with Gasteiger partial charge in [0.1, 0.15) is 28.9 Å². The van der Waals surface area contributed by atoms with E-state index in [-0.39, 0.29) is 6.04 Å². The summed E-state index contributed by atoms with van der Waals surface area (Å²) in [6.07, 6.45) is 6.82. The molecule has 1 aliphatic heterocycles. The number of nitrogens with two attached hydrogens (primary N) is 1. The van der Waals surface area contributed by atoms with Crippen LogP contribution in [0.3, 0.4) is 0 Å². The standard InChI is InChI=1S/C25H24ClN9O/c1-34-14-31-19-11-17(3-4-21(19)34)36-22-5-2-16(10-18(22)26)32-24-23-20(29-13-30-24)12-28-25(33-23)35-8-6-15(27)7-9-35/h2-5,10-15H,6-9,27H2,1H3,(H,29,30,32). The Morgan fingerprint density at radius 2 is 1.89 bits per heavy atom. The number of fused-ring (bicyclic) bond motifs is 2. The number of piperidine rings is 1. The highest BCUT2D eigenvalue weighted by atomic mass is 35.5. The van der Waals surface area contributed by atoms with E-state index in [1.54, 1.807) is 18.6 Å². The van der Waals surface area contributed by atoms with Gasteiger partial charge in [0, 0.05) is 37.9 Å². The Kier molecular flexibility index (Phi) is 5.74. The van der Waals surface area contributed by atoms with Crippen molar-refractivity contribution < 1.29 is 4.74 Å². The van der Waals surface area contributed by atoms with E-state index in [0.29, 0.717) is 39.3 Å². The Morgan fingerprint density at radius 3 is 2.72 bits per heavy atom. The highest BCUT2D eigenvalue weighted by Crippen LogP contribution is 2.34. The first-order chi connectivity index (χ1) is 17.5. The molecule has 0 radical (unpaired) electrons. The van der Waals surface area contributed by atoms with Crippen LogP contribution in [0, 0.1) is 0 Å². The maximum atomic E-state index is 6.56. The average molecular weight is 502 g/mol. The van der Waals surface area contributed by atoms with E-state index in [2.05, 4.69) is 30.2 Å². The molecule has 0 saturated carbocycles. The van der Waals surface area contributed by atoms with E-state index < -0.39 is 0 Å². The SMILES string of the molecule is Cn1cnc2cc(Oc3ccc(Nc4ncnc5cnc(N6CCC(N)CC6)nc45)cc3Cl)ccc21. The van der Waals surface area contributed by atoms with Crippen LogP contribution in [0.1, 0.15) is 12.8 Å². The van der Waals surface area contributed by atoms with E-state index >= 15 is 0 Å². The minimum atomic E-state index is 0.233. The normalized spacial score (nSPS) is 14.5. The summed E-state index contributed by atoms with van der Waals surface area (Å²) in [5.74, 6) is 2.42. The second-order valence-electron chi connectivity index (χ2n) is 8.83. The number of imidazole rings is 1. The van der Waals surface area contributed by atoms with E-state index in [9.17, 15) is 0 Å². The molecule has 36 heavy (non-hydrogen) atoms. The topological polar surface area (TPSA) is 120 Å². The molecule has 0 amide bonds. The Morgan fingerprint density at radius 1 is 1.03 bits per heavy atom. The van der Waals surface area contributed by atoms with Crippen LogP contribution >= 0.6 is 11.6 Å². The number of benzene rings is 2. The van der Waals surface area contributed by atoms with Crippen LogP contribution < -0.4 is 20.7 Å². The van der Waals surface area contributed by atoms with Gasteiger partial charge < -0.3 is 25.3 Å². The van der Waals surface area contributed by atoms with Crippen molar-refractivity contribution in [1.82, 2.24) is 29.5 Å². The summed E-state index contributed by atoms with van der Waals surface area (Å²) < 4.78 is 7.98. The number of nitrogens with zero attached hydrogens (tertiary/aromatic N) is 7. The first kappa shape index (κ1) is 22.4. The predicted octanol–water partition coefficient (Wildman–Crippen LogP) is 4.42. The number of ether oxygens (including phenoxy) is 1. The van der Waals surface area contributed by atoms with Gasteiger partial charge in [0.15, 0.2) is 5.82 Å².